The third-order valence-electron chi connectivity index (χ3n) is 4.25. The Morgan fingerprint density at radius 1 is 0.962 bits per heavy atom. The summed E-state index contributed by atoms with van der Waals surface area (Å²) >= 11 is 6.06. The molecule has 0 fully saturated rings. The van der Waals surface area contributed by atoms with Crippen LogP contribution in [0.3, 0.4) is 0 Å². The normalized spacial score (nSPS) is 12.7. The minimum absolute atomic E-state index is 0.138. The fourth-order valence-electron chi connectivity index (χ4n) is 3.11. The van der Waals surface area contributed by atoms with Gasteiger partial charge in [0.05, 0.1) is 0 Å². The van der Waals surface area contributed by atoms with Gasteiger partial charge < -0.3 is 5.11 Å². The fraction of sp³-hybridized carbons (Fsp3) is 0.429. The first-order valence-corrected chi connectivity index (χ1v) is 9.21. The number of hydrogen-bond acceptors (Lipinski definition) is 3. The van der Waals surface area contributed by atoms with E-state index in [0.717, 1.165) is 23.1 Å². The van der Waals surface area contributed by atoms with Gasteiger partial charge in [-0.25, -0.2) is 0 Å². The van der Waals surface area contributed by atoms with Crippen molar-refractivity contribution < 1.29 is 5.11 Å². The van der Waals surface area contributed by atoms with Crippen LogP contribution in [0.15, 0.2) is 30.3 Å². The molecular weight excluding hydrogens is 346 g/mol. The maximum Gasteiger partial charge on any atom is 0.146 e. The Balaban J connectivity index is 2.22. The first kappa shape index (κ1) is 18.7. The van der Waals surface area contributed by atoms with Crippen LogP contribution in [0.5, 0.6) is 5.75 Å². The second kappa shape index (κ2) is 6.27. The predicted octanol–water partition coefficient (Wildman–Crippen LogP) is 5.67. The molecule has 0 saturated carbocycles. The molecule has 1 N–H and O–H groups in total. The van der Waals surface area contributed by atoms with E-state index in [1.807, 2.05) is 12.1 Å². The van der Waals surface area contributed by atoms with Crippen LogP contribution < -0.4 is 0 Å². The summed E-state index contributed by atoms with van der Waals surface area (Å²) in [6.45, 7) is 12.9. The Morgan fingerprint density at radius 2 is 1.62 bits per heavy atom. The van der Waals surface area contributed by atoms with Crippen LogP contribution in [0, 0.1) is 5.41 Å². The van der Waals surface area contributed by atoms with E-state index in [4.69, 9.17) is 11.6 Å². The average molecular weight is 372 g/mol. The van der Waals surface area contributed by atoms with Crippen molar-refractivity contribution in [2.75, 3.05) is 0 Å². The molecule has 1 aromatic heterocycles. The lowest BCUT2D eigenvalue weighted by atomic mass is 9.82. The molecule has 0 spiro atoms. The zero-order valence-electron chi connectivity index (χ0n) is 16.3. The highest BCUT2D eigenvalue weighted by atomic mass is 35.5. The van der Waals surface area contributed by atoms with Gasteiger partial charge in [-0.3, -0.25) is 0 Å². The summed E-state index contributed by atoms with van der Waals surface area (Å²) in [5, 5.41) is 20.6. The van der Waals surface area contributed by atoms with E-state index in [9.17, 15) is 5.11 Å². The average Bonchev–Trinajstić information content (AvgIpc) is 2.88. The van der Waals surface area contributed by atoms with Gasteiger partial charge >= 0.3 is 0 Å². The summed E-state index contributed by atoms with van der Waals surface area (Å²) in [6.07, 6.45) is 0.899. The highest BCUT2D eigenvalue weighted by molar-refractivity contribution is 6.31. The molecular formula is C21H26ClN3O. The van der Waals surface area contributed by atoms with Crippen LogP contribution >= 0.6 is 11.6 Å². The van der Waals surface area contributed by atoms with Crippen molar-refractivity contribution in [1.29, 1.82) is 0 Å². The van der Waals surface area contributed by atoms with Crippen molar-refractivity contribution in [1.82, 2.24) is 15.0 Å². The largest absolute Gasteiger partial charge is 0.505 e. The molecule has 0 saturated heterocycles. The second-order valence-corrected chi connectivity index (χ2v) is 9.56. The van der Waals surface area contributed by atoms with Gasteiger partial charge in [0.2, 0.25) is 0 Å². The van der Waals surface area contributed by atoms with E-state index >= 15 is 0 Å². The van der Waals surface area contributed by atoms with Crippen LogP contribution in [-0.4, -0.2) is 20.1 Å². The fourth-order valence-corrected chi connectivity index (χ4v) is 3.28. The Kier molecular flexibility index (Phi) is 4.51. The van der Waals surface area contributed by atoms with Crippen LogP contribution in [0.1, 0.15) is 52.7 Å². The molecule has 4 nitrogen and oxygen atoms in total. The Morgan fingerprint density at radius 3 is 2.23 bits per heavy atom. The summed E-state index contributed by atoms with van der Waals surface area (Å²) in [5.74, 6) is 0.224. The first-order valence-electron chi connectivity index (χ1n) is 8.83. The lowest BCUT2D eigenvalue weighted by Crippen LogP contribution is -2.16. The first-order chi connectivity index (χ1) is 11.9. The SMILES string of the molecule is CC(C)(C)Cc1cc(-n2nc3ccc(Cl)cc3n2)c(O)c(C(C)(C)C)c1. The summed E-state index contributed by atoms with van der Waals surface area (Å²) in [4.78, 5) is 1.51. The zero-order valence-corrected chi connectivity index (χ0v) is 17.0. The van der Waals surface area contributed by atoms with Gasteiger partial charge in [0, 0.05) is 10.6 Å². The molecule has 3 aromatic rings. The van der Waals surface area contributed by atoms with Gasteiger partial charge in [0.25, 0.3) is 0 Å². The smallest absolute Gasteiger partial charge is 0.146 e. The molecule has 0 unspecified atom stereocenters. The van der Waals surface area contributed by atoms with Gasteiger partial charge in [0.1, 0.15) is 22.5 Å². The molecule has 0 bridgehead atoms. The van der Waals surface area contributed by atoms with Crippen LogP contribution in [0.25, 0.3) is 16.7 Å². The summed E-state index contributed by atoms with van der Waals surface area (Å²) < 4.78 is 0. The third kappa shape index (κ3) is 3.85. The zero-order chi connectivity index (χ0) is 19.3. The number of phenolic OH excluding ortho intramolecular Hbond substituents is 1. The maximum absolute atomic E-state index is 11.0. The lowest BCUT2D eigenvalue weighted by Gasteiger charge is -2.25. The van der Waals surface area contributed by atoms with Crippen molar-refractivity contribution in [3.8, 4) is 11.4 Å². The molecule has 0 aliphatic rings. The molecule has 3 rings (SSSR count). The Hall–Kier alpha value is -2.07. The minimum Gasteiger partial charge on any atom is -0.505 e. The second-order valence-electron chi connectivity index (χ2n) is 9.12. The number of rotatable bonds is 2. The summed E-state index contributed by atoms with van der Waals surface area (Å²) in [6, 6.07) is 9.49. The Labute approximate surface area is 159 Å². The van der Waals surface area contributed by atoms with E-state index in [1.54, 1.807) is 12.1 Å². The van der Waals surface area contributed by atoms with E-state index < -0.39 is 0 Å². The predicted molar refractivity (Wildman–Crippen MR) is 107 cm³/mol. The molecule has 1 heterocycles. The van der Waals surface area contributed by atoms with E-state index in [0.29, 0.717) is 16.2 Å². The quantitative estimate of drug-likeness (QED) is 0.631. The molecule has 5 heteroatoms. The Bertz CT molecular complexity index is 962. The third-order valence-corrected chi connectivity index (χ3v) is 4.48. The van der Waals surface area contributed by atoms with Crippen molar-refractivity contribution in [2.45, 2.75) is 53.4 Å². The number of hydrogen-bond donors (Lipinski definition) is 1. The molecule has 0 radical (unpaired) electrons. The summed E-state index contributed by atoms with van der Waals surface area (Å²) in [7, 11) is 0. The van der Waals surface area contributed by atoms with Crippen LogP contribution in [-0.2, 0) is 11.8 Å². The number of benzene rings is 2. The van der Waals surface area contributed by atoms with E-state index in [2.05, 4.69) is 57.8 Å². The van der Waals surface area contributed by atoms with E-state index in [1.165, 1.54) is 4.80 Å². The number of aromatic nitrogens is 3. The lowest BCUT2D eigenvalue weighted by molar-refractivity contribution is 0.407. The monoisotopic (exact) mass is 371 g/mol. The number of phenols is 1. The van der Waals surface area contributed by atoms with Gasteiger partial charge in [-0.15, -0.1) is 15.0 Å². The molecule has 0 atom stereocenters. The minimum atomic E-state index is -0.192. The van der Waals surface area contributed by atoms with Gasteiger partial charge in [-0.1, -0.05) is 59.2 Å². The number of fused-ring (bicyclic) bond motifs is 1. The van der Waals surface area contributed by atoms with Crippen molar-refractivity contribution in [2.24, 2.45) is 5.41 Å². The topological polar surface area (TPSA) is 50.9 Å². The van der Waals surface area contributed by atoms with Crippen molar-refractivity contribution in [3.05, 3.63) is 46.5 Å². The van der Waals surface area contributed by atoms with Gasteiger partial charge in [-0.05, 0) is 47.1 Å². The van der Waals surface area contributed by atoms with Gasteiger partial charge in [0.15, 0.2) is 0 Å². The van der Waals surface area contributed by atoms with E-state index in [-0.39, 0.29) is 16.6 Å². The molecule has 138 valence electrons. The highest BCUT2D eigenvalue weighted by Gasteiger charge is 2.24. The van der Waals surface area contributed by atoms with Gasteiger partial charge in [-0.2, -0.15) is 0 Å². The highest BCUT2D eigenvalue weighted by Crippen LogP contribution is 2.37. The molecule has 0 amide bonds. The standard InChI is InChI=1S/C21H26ClN3O/c1-20(2,3)12-13-9-15(21(4,5)6)19(26)18(10-13)25-23-16-8-7-14(22)11-17(16)24-25/h7-11,26H,12H2,1-6H3. The molecule has 26 heavy (non-hydrogen) atoms. The molecule has 2 aromatic carbocycles. The number of nitrogens with zero attached hydrogens (tertiary/aromatic N) is 3. The molecule has 0 aliphatic carbocycles. The number of aromatic hydroxyl groups is 1. The van der Waals surface area contributed by atoms with Crippen molar-refractivity contribution >= 4 is 22.6 Å². The van der Waals surface area contributed by atoms with Crippen molar-refractivity contribution in [3.63, 3.8) is 0 Å². The summed E-state index contributed by atoms with van der Waals surface area (Å²) in [5.41, 5.74) is 4.05. The maximum atomic E-state index is 11.0. The van der Waals surface area contributed by atoms with Crippen LogP contribution in [0.2, 0.25) is 5.02 Å². The van der Waals surface area contributed by atoms with Crippen LogP contribution in [0.4, 0.5) is 0 Å². The molecule has 0 aliphatic heterocycles. The number of halogens is 1.